The summed E-state index contributed by atoms with van der Waals surface area (Å²) < 4.78 is 0. The minimum Gasteiger partial charge on any atom is -0.382 e. The number of rotatable bonds is 6. The molecular formula is C14H22N6. The van der Waals surface area contributed by atoms with Gasteiger partial charge < -0.3 is 10.6 Å². The number of nitrogens with zero attached hydrogens (tertiary/aromatic N) is 2. The average Bonchev–Trinajstić information content (AvgIpc) is 2.46. The fourth-order valence-corrected chi connectivity index (χ4v) is 1.54. The van der Waals surface area contributed by atoms with Gasteiger partial charge in [-0.3, -0.25) is 16.2 Å². The molecule has 0 radical (unpaired) electrons. The Hall–Kier alpha value is -2.37. The molecule has 108 valence electrons. The summed E-state index contributed by atoms with van der Waals surface area (Å²) in [7, 11) is 1.80. The standard InChI is InChI=1S/C14H22N6/c1-4-10(2)20(3)14(17)12(13(15)16)19-18-11-8-6-5-7-9-11/h5-10,17-18H,4H2,1-3H3,(H3,15,16). The van der Waals surface area contributed by atoms with Crippen molar-refractivity contribution in [3.05, 3.63) is 30.3 Å². The molecule has 0 saturated carbocycles. The molecule has 0 bridgehead atoms. The Morgan fingerprint density at radius 3 is 2.45 bits per heavy atom. The maximum atomic E-state index is 8.12. The van der Waals surface area contributed by atoms with Crippen LogP contribution < -0.4 is 11.2 Å². The topological polar surface area (TPSA) is 101 Å². The Morgan fingerprint density at radius 1 is 1.35 bits per heavy atom. The Kier molecular flexibility index (Phi) is 5.71. The molecule has 0 aliphatic rings. The second kappa shape index (κ2) is 7.28. The number of nitrogens with one attached hydrogen (secondary N) is 3. The summed E-state index contributed by atoms with van der Waals surface area (Å²) in [5.74, 6) is -0.0936. The summed E-state index contributed by atoms with van der Waals surface area (Å²) in [6, 6.07) is 9.54. The van der Waals surface area contributed by atoms with Gasteiger partial charge in [-0.1, -0.05) is 25.1 Å². The molecule has 0 aliphatic heterocycles. The number of hydrogen-bond donors (Lipinski definition) is 4. The van der Waals surface area contributed by atoms with E-state index in [0.717, 1.165) is 12.1 Å². The van der Waals surface area contributed by atoms with E-state index in [-0.39, 0.29) is 23.4 Å². The summed E-state index contributed by atoms with van der Waals surface area (Å²) >= 11 is 0. The zero-order valence-electron chi connectivity index (χ0n) is 12.1. The first-order chi connectivity index (χ1) is 9.47. The van der Waals surface area contributed by atoms with Gasteiger partial charge in [-0.05, 0) is 25.5 Å². The number of amidine groups is 2. The van der Waals surface area contributed by atoms with Gasteiger partial charge in [-0.15, -0.1) is 0 Å². The molecule has 0 heterocycles. The van der Waals surface area contributed by atoms with Gasteiger partial charge in [-0.25, -0.2) is 0 Å². The molecule has 0 saturated heterocycles. The van der Waals surface area contributed by atoms with E-state index in [4.69, 9.17) is 16.6 Å². The zero-order valence-corrected chi connectivity index (χ0v) is 12.1. The number of benzene rings is 1. The van der Waals surface area contributed by atoms with Crippen LogP contribution in [-0.4, -0.2) is 35.4 Å². The van der Waals surface area contributed by atoms with Crippen molar-refractivity contribution in [2.24, 2.45) is 10.8 Å². The van der Waals surface area contributed by atoms with E-state index >= 15 is 0 Å². The van der Waals surface area contributed by atoms with Gasteiger partial charge in [0.2, 0.25) is 0 Å². The lowest BCUT2D eigenvalue weighted by molar-refractivity contribution is 0.383. The van der Waals surface area contributed by atoms with Gasteiger partial charge in [0.15, 0.2) is 11.5 Å². The van der Waals surface area contributed by atoms with Crippen molar-refractivity contribution in [1.29, 1.82) is 10.8 Å². The van der Waals surface area contributed by atoms with Crippen LogP contribution in [0.25, 0.3) is 0 Å². The van der Waals surface area contributed by atoms with E-state index in [1.165, 1.54) is 0 Å². The number of para-hydroxylation sites is 1. The number of anilines is 1. The van der Waals surface area contributed by atoms with E-state index in [1.54, 1.807) is 11.9 Å². The van der Waals surface area contributed by atoms with Gasteiger partial charge in [-0.2, -0.15) is 5.10 Å². The van der Waals surface area contributed by atoms with E-state index in [9.17, 15) is 0 Å². The number of nitrogens with two attached hydrogens (primary N) is 1. The largest absolute Gasteiger partial charge is 0.382 e. The van der Waals surface area contributed by atoms with Crippen LogP contribution in [0.5, 0.6) is 0 Å². The molecule has 20 heavy (non-hydrogen) atoms. The first-order valence-corrected chi connectivity index (χ1v) is 6.52. The molecule has 0 fully saturated rings. The molecule has 6 heteroatoms. The van der Waals surface area contributed by atoms with Crippen LogP contribution in [0.1, 0.15) is 20.3 Å². The minimum atomic E-state index is -0.228. The summed E-state index contributed by atoms with van der Waals surface area (Å²) in [6.45, 7) is 4.05. The monoisotopic (exact) mass is 274 g/mol. The normalized spacial score (nSPS) is 12.7. The van der Waals surface area contributed by atoms with Crippen molar-refractivity contribution in [2.75, 3.05) is 12.5 Å². The lowest BCUT2D eigenvalue weighted by Gasteiger charge is -2.26. The highest BCUT2D eigenvalue weighted by Gasteiger charge is 2.18. The van der Waals surface area contributed by atoms with Crippen LogP contribution in [0, 0.1) is 10.8 Å². The summed E-state index contributed by atoms with van der Waals surface area (Å²) in [5.41, 5.74) is 9.26. The third-order valence-electron chi connectivity index (χ3n) is 3.15. The molecule has 0 amide bonds. The maximum absolute atomic E-state index is 8.12. The first kappa shape index (κ1) is 15.7. The fourth-order valence-electron chi connectivity index (χ4n) is 1.54. The Bertz CT molecular complexity index is 494. The summed E-state index contributed by atoms with van der Waals surface area (Å²) in [4.78, 5) is 1.76. The van der Waals surface area contributed by atoms with Gasteiger partial charge in [0, 0.05) is 13.1 Å². The Labute approximate surface area is 119 Å². The van der Waals surface area contributed by atoms with Gasteiger partial charge in [0.05, 0.1) is 5.69 Å². The van der Waals surface area contributed by atoms with Crippen molar-refractivity contribution in [1.82, 2.24) is 4.90 Å². The molecule has 0 aromatic heterocycles. The zero-order chi connectivity index (χ0) is 15.1. The number of hydrogen-bond acceptors (Lipinski definition) is 4. The van der Waals surface area contributed by atoms with Crippen molar-refractivity contribution < 1.29 is 0 Å². The molecule has 1 aromatic carbocycles. The van der Waals surface area contributed by atoms with Gasteiger partial charge in [0.1, 0.15) is 5.84 Å². The third kappa shape index (κ3) is 4.08. The Balaban J connectivity index is 2.89. The predicted molar refractivity (Wildman–Crippen MR) is 84.7 cm³/mol. The molecule has 1 unspecified atom stereocenters. The van der Waals surface area contributed by atoms with Crippen LogP contribution >= 0.6 is 0 Å². The lowest BCUT2D eigenvalue weighted by atomic mass is 10.2. The molecule has 1 aromatic rings. The van der Waals surface area contributed by atoms with Crippen LogP contribution in [0.15, 0.2) is 35.4 Å². The Morgan fingerprint density at radius 2 is 1.95 bits per heavy atom. The van der Waals surface area contributed by atoms with Crippen molar-refractivity contribution in [3.8, 4) is 0 Å². The molecule has 0 aliphatic carbocycles. The summed E-state index contributed by atoms with van der Waals surface area (Å²) in [6.07, 6.45) is 0.899. The molecule has 1 atom stereocenters. The van der Waals surface area contributed by atoms with Gasteiger partial charge in [0.25, 0.3) is 0 Å². The van der Waals surface area contributed by atoms with Crippen LogP contribution in [0.4, 0.5) is 5.69 Å². The highest BCUT2D eigenvalue weighted by Crippen LogP contribution is 2.06. The molecule has 5 N–H and O–H groups in total. The second-order valence-corrected chi connectivity index (χ2v) is 4.57. The van der Waals surface area contributed by atoms with E-state index in [2.05, 4.69) is 10.5 Å². The smallest absolute Gasteiger partial charge is 0.166 e. The third-order valence-corrected chi connectivity index (χ3v) is 3.15. The highest BCUT2D eigenvalue weighted by molar-refractivity contribution is 6.66. The number of hydrazone groups is 1. The van der Waals surface area contributed by atoms with Crippen LogP contribution in [-0.2, 0) is 0 Å². The van der Waals surface area contributed by atoms with Crippen LogP contribution in [0.2, 0.25) is 0 Å². The molecule has 0 spiro atoms. The minimum absolute atomic E-state index is 0.135. The van der Waals surface area contributed by atoms with E-state index < -0.39 is 0 Å². The summed E-state index contributed by atoms with van der Waals surface area (Å²) in [5, 5.41) is 19.8. The SMILES string of the molecule is CCC(C)N(C)C(=N)C(=NNc1ccccc1)C(=N)N. The maximum Gasteiger partial charge on any atom is 0.166 e. The van der Waals surface area contributed by atoms with Gasteiger partial charge >= 0.3 is 0 Å². The van der Waals surface area contributed by atoms with E-state index in [0.29, 0.717) is 0 Å². The van der Waals surface area contributed by atoms with Crippen molar-refractivity contribution >= 4 is 23.1 Å². The lowest BCUT2D eigenvalue weighted by Crippen LogP contribution is -2.44. The second-order valence-electron chi connectivity index (χ2n) is 4.57. The molecular weight excluding hydrogens is 252 g/mol. The highest BCUT2D eigenvalue weighted by atomic mass is 15.3. The van der Waals surface area contributed by atoms with Crippen LogP contribution in [0.3, 0.4) is 0 Å². The predicted octanol–water partition coefficient (Wildman–Crippen LogP) is 2.10. The average molecular weight is 274 g/mol. The first-order valence-electron chi connectivity index (χ1n) is 6.52. The van der Waals surface area contributed by atoms with Crippen molar-refractivity contribution in [3.63, 3.8) is 0 Å². The van der Waals surface area contributed by atoms with Crippen molar-refractivity contribution in [2.45, 2.75) is 26.3 Å². The quantitative estimate of drug-likeness (QED) is 0.363. The molecule has 1 rings (SSSR count). The van der Waals surface area contributed by atoms with E-state index in [1.807, 2.05) is 44.2 Å². The fraction of sp³-hybridized carbons (Fsp3) is 0.357. The molecule has 6 nitrogen and oxygen atoms in total.